The van der Waals surface area contributed by atoms with E-state index in [2.05, 4.69) is 30.5 Å². The monoisotopic (exact) mass is 304 g/mol. The Morgan fingerprint density at radius 2 is 1.85 bits per heavy atom. The predicted molar refractivity (Wildman–Crippen MR) is 91.6 cm³/mol. The van der Waals surface area contributed by atoms with Crippen molar-refractivity contribution in [1.29, 1.82) is 0 Å². The van der Waals surface area contributed by atoms with Gasteiger partial charge in [-0.2, -0.15) is 23.5 Å². The molecule has 0 amide bonds. The van der Waals surface area contributed by atoms with E-state index in [0.717, 1.165) is 23.5 Å². The number of hydrogen-bond donors (Lipinski definition) is 0. The van der Waals surface area contributed by atoms with E-state index in [4.69, 9.17) is 0 Å². The Morgan fingerprint density at radius 3 is 2.50 bits per heavy atom. The zero-order chi connectivity index (χ0) is 14.4. The molecule has 0 aromatic heterocycles. The molecule has 1 aliphatic rings. The lowest BCUT2D eigenvalue weighted by atomic mass is 9.74. The maximum Gasteiger partial charge on any atom is 0.170 e. The van der Waals surface area contributed by atoms with Crippen molar-refractivity contribution in [3.8, 4) is 0 Å². The Balaban J connectivity index is 2.29. The van der Waals surface area contributed by atoms with Gasteiger partial charge in [0.15, 0.2) is 5.78 Å². The van der Waals surface area contributed by atoms with Crippen molar-refractivity contribution in [3.05, 3.63) is 59.7 Å². The Bertz CT molecular complexity index is 519. The summed E-state index contributed by atoms with van der Waals surface area (Å²) in [7, 11) is 0. The number of ketones is 1. The fraction of sp³-hybridized carbons (Fsp3) is 0.353. The largest absolute Gasteiger partial charge is 0.293 e. The highest BCUT2D eigenvalue weighted by molar-refractivity contribution is 7.99. The van der Waals surface area contributed by atoms with Gasteiger partial charge in [-0.1, -0.05) is 48.6 Å². The Kier molecular flexibility index (Phi) is 5.55. The summed E-state index contributed by atoms with van der Waals surface area (Å²) in [6.07, 6.45) is 11.0. The third-order valence-corrected chi connectivity index (χ3v) is 4.92. The third-order valence-electron chi connectivity index (χ3n) is 3.52. The molecule has 3 heteroatoms. The number of Topliss-reactive ketones (excluding diaryl/α,β-unsaturated/α-hetero) is 1. The molecule has 20 heavy (non-hydrogen) atoms. The van der Waals surface area contributed by atoms with Crippen LogP contribution >= 0.6 is 23.5 Å². The average molecular weight is 304 g/mol. The van der Waals surface area contributed by atoms with Crippen LogP contribution in [0.3, 0.4) is 0 Å². The molecule has 0 fully saturated rings. The van der Waals surface area contributed by atoms with Crippen molar-refractivity contribution in [3.63, 3.8) is 0 Å². The van der Waals surface area contributed by atoms with Gasteiger partial charge in [0.25, 0.3) is 0 Å². The first-order valence-electron chi connectivity index (χ1n) is 6.67. The summed E-state index contributed by atoms with van der Waals surface area (Å²) in [6, 6.07) is 10.3. The lowest BCUT2D eigenvalue weighted by Crippen LogP contribution is -2.37. The molecule has 0 heterocycles. The molecule has 106 valence electrons. The van der Waals surface area contributed by atoms with E-state index in [0.29, 0.717) is 5.78 Å². The van der Waals surface area contributed by atoms with Gasteiger partial charge >= 0.3 is 0 Å². The molecular formula is C17H20OS2. The molecule has 0 saturated carbocycles. The van der Waals surface area contributed by atoms with Gasteiger partial charge < -0.3 is 0 Å². The Hall–Kier alpha value is -0.930. The Labute approximate surface area is 129 Å². The zero-order valence-electron chi connectivity index (χ0n) is 12.0. The van der Waals surface area contributed by atoms with Crippen LogP contribution in [-0.2, 0) is 11.2 Å². The molecule has 0 radical (unpaired) electrons. The van der Waals surface area contributed by atoms with Crippen LogP contribution < -0.4 is 0 Å². The van der Waals surface area contributed by atoms with Crippen molar-refractivity contribution < 1.29 is 4.79 Å². The first kappa shape index (κ1) is 15.5. The van der Waals surface area contributed by atoms with E-state index in [1.54, 1.807) is 23.5 Å². The average Bonchev–Trinajstić information content (AvgIpc) is 2.46. The van der Waals surface area contributed by atoms with Crippen molar-refractivity contribution in [1.82, 2.24) is 0 Å². The minimum absolute atomic E-state index is 0.299. The van der Waals surface area contributed by atoms with Crippen LogP contribution in [0.15, 0.2) is 54.1 Å². The SMILES string of the molecule is CSCC1=CC=CC(CSC)(Cc2ccccc2)C1=O. The lowest BCUT2D eigenvalue weighted by Gasteiger charge is -2.32. The summed E-state index contributed by atoms with van der Waals surface area (Å²) in [5.41, 5.74) is 1.80. The number of rotatable bonds is 6. The van der Waals surface area contributed by atoms with Crippen molar-refractivity contribution in [2.45, 2.75) is 6.42 Å². The molecule has 2 rings (SSSR count). The molecule has 0 aliphatic heterocycles. The van der Waals surface area contributed by atoms with E-state index < -0.39 is 0 Å². The number of benzene rings is 1. The highest BCUT2D eigenvalue weighted by Gasteiger charge is 2.38. The number of thioether (sulfide) groups is 2. The standard InChI is InChI=1S/C17H20OS2/c1-19-12-15-9-6-10-17(13-20-2,16(15)18)11-14-7-4-3-5-8-14/h3-10H,11-13H2,1-2H3. The summed E-state index contributed by atoms with van der Waals surface area (Å²) >= 11 is 3.45. The second-order valence-corrected chi connectivity index (χ2v) is 6.80. The van der Waals surface area contributed by atoms with E-state index in [9.17, 15) is 4.79 Å². The number of hydrogen-bond acceptors (Lipinski definition) is 3. The fourth-order valence-electron chi connectivity index (χ4n) is 2.61. The minimum Gasteiger partial charge on any atom is -0.293 e. The molecule has 1 atom stereocenters. The summed E-state index contributed by atoms with van der Waals surface area (Å²) < 4.78 is 0. The van der Waals surface area contributed by atoms with Crippen LogP contribution in [0.5, 0.6) is 0 Å². The molecule has 1 aromatic carbocycles. The first-order valence-corrected chi connectivity index (χ1v) is 9.45. The van der Waals surface area contributed by atoms with E-state index in [-0.39, 0.29) is 5.41 Å². The van der Waals surface area contributed by atoms with Crippen molar-refractivity contribution in [2.75, 3.05) is 24.0 Å². The van der Waals surface area contributed by atoms with Gasteiger partial charge in [-0.15, -0.1) is 0 Å². The zero-order valence-corrected chi connectivity index (χ0v) is 13.6. The number of carbonyl (C=O) groups is 1. The van der Waals surface area contributed by atoms with E-state index >= 15 is 0 Å². The Morgan fingerprint density at radius 1 is 1.10 bits per heavy atom. The minimum atomic E-state index is -0.374. The molecule has 0 spiro atoms. The van der Waals surface area contributed by atoms with Crippen LogP contribution in [0.4, 0.5) is 0 Å². The lowest BCUT2D eigenvalue weighted by molar-refractivity contribution is -0.121. The molecule has 1 aliphatic carbocycles. The van der Waals surface area contributed by atoms with Crippen LogP contribution in [0.1, 0.15) is 5.56 Å². The summed E-state index contributed by atoms with van der Waals surface area (Å²) in [5.74, 6) is 1.93. The van der Waals surface area contributed by atoms with Gasteiger partial charge in [-0.25, -0.2) is 0 Å². The highest BCUT2D eigenvalue weighted by atomic mass is 32.2. The van der Waals surface area contributed by atoms with Gasteiger partial charge in [0.1, 0.15) is 0 Å². The predicted octanol–water partition coefficient (Wildman–Crippen LogP) is 4.01. The topological polar surface area (TPSA) is 17.1 Å². The summed E-state index contributed by atoms with van der Waals surface area (Å²) in [6.45, 7) is 0. The first-order chi connectivity index (χ1) is 9.72. The quantitative estimate of drug-likeness (QED) is 0.790. The fourth-order valence-corrected chi connectivity index (χ4v) is 3.99. The van der Waals surface area contributed by atoms with Crippen LogP contribution in [0, 0.1) is 5.41 Å². The summed E-state index contributed by atoms with van der Waals surface area (Å²) in [4.78, 5) is 12.9. The second-order valence-electron chi connectivity index (χ2n) is 5.06. The van der Waals surface area contributed by atoms with Gasteiger partial charge in [-0.3, -0.25) is 4.79 Å². The third kappa shape index (κ3) is 3.39. The molecule has 0 saturated heterocycles. The molecule has 1 unspecified atom stereocenters. The smallest absolute Gasteiger partial charge is 0.170 e. The van der Waals surface area contributed by atoms with Crippen LogP contribution in [0.2, 0.25) is 0 Å². The van der Waals surface area contributed by atoms with Gasteiger partial charge in [0.2, 0.25) is 0 Å². The molecular weight excluding hydrogens is 284 g/mol. The van der Waals surface area contributed by atoms with Crippen LogP contribution in [-0.4, -0.2) is 29.8 Å². The molecule has 1 aromatic rings. The number of allylic oxidation sites excluding steroid dienone is 3. The van der Waals surface area contributed by atoms with Crippen molar-refractivity contribution in [2.24, 2.45) is 5.41 Å². The molecule has 0 N–H and O–H groups in total. The molecule has 0 bridgehead atoms. The molecule has 1 nitrogen and oxygen atoms in total. The second kappa shape index (κ2) is 7.19. The van der Waals surface area contributed by atoms with E-state index in [1.807, 2.05) is 30.5 Å². The highest BCUT2D eigenvalue weighted by Crippen LogP contribution is 2.35. The normalized spacial score (nSPS) is 21.9. The summed E-state index contributed by atoms with van der Waals surface area (Å²) in [5, 5.41) is 0. The number of carbonyl (C=O) groups excluding carboxylic acids is 1. The maximum absolute atomic E-state index is 12.9. The van der Waals surface area contributed by atoms with Gasteiger partial charge in [0.05, 0.1) is 5.41 Å². The van der Waals surface area contributed by atoms with Crippen LogP contribution in [0.25, 0.3) is 0 Å². The van der Waals surface area contributed by atoms with Gasteiger partial charge in [0, 0.05) is 17.1 Å². The van der Waals surface area contributed by atoms with E-state index in [1.165, 1.54) is 5.56 Å². The van der Waals surface area contributed by atoms with Crippen molar-refractivity contribution >= 4 is 29.3 Å². The van der Waals surface area contributed by atoms with Gasteiger partial charge in [-0.05, 0) is 24.5 Å². The maximum atomic E-state index is 12.9.